The summed E-state index contributed by atoms with van der Waals surface area (Å²) in [6.45, 7) is 3.23. The van der Waals surface area contributed by atoms with Crippen LogP contribution in [-0.2, 0) is 0 Å². The Labute approximate surface area is 126 Å². The highest BCUT2D eigenvalue weighted by Crippen LogP contribution is 2.53. The second-order valence-electron chi connectivity index (χ2n) is 5.64. The third kappa shape index (κ3) is 2.39. The third-order valence-corrected chi connectivity index (χ3v) is 7.17. The zero-order valence-corrected chi connectivity index (χ0v) is 13.7. The van der Waals surface area contributed by atoms with E-state index in [1.807, 2.05) is 0 Å². The van der Waals surface area contributed by atoms with Gasteiger partial charge in [-0.2, -0.15) is 0 Å². The summed E-state index contributed by atoms with van der Waals surface area (Å²) in [6.07, 6.45) is 5.79. The van der Waals surface area contributed by atoms with Gasteiger partial charge in [0, 0.05) is 15.4 Å². The molecule has 18 heavy (non-hydrogen) atoms. The molecule has 1 heterocycles. The van der Waals surface area contributed by atoms with Gasteiger partial charge < -0.3 is 5.32 Å². The van der Waals surface area contributed by atoms with Crippen molar-refractivity contribution in [3.05, 3.63) is 19.8 Å². The van der Waals surface area contributed by atoms with Crippen molar-refractivity contribution in [3.63, 3.8) is 0 Å². The Morgan fingerprint density at radius 3 is 2.83 bits per heavy atom. The first-order valence-corrected chi connectivity index (χ1v) is 8.86. The van der Waals surface area contributed by atoms with Crippen molar-refractivity contribution in [2.45, 2.75) is 38.6 Å². The van der Waals surface area contributed by atoms with Gasteiger partial charge in [-0.15, -0.1) is 11.3 Å². The lowest BCUT2D eigenvalue weighted by Gasteiger charge is -2.30. The Bertz CT molecular complexity index is 414. The largest absolute Gasteiger partial charge is 0.309 e. The van der Waals surface area contributed by atoms with Crippen molar-refractivity contribution in [2.24, 2.45) is 17.8 Å². The molecule has 3 rings (SSSR count). The van der Waals surface area contributed by atoms with Crippen LogP contribution in [0.25, 0.3) is 0 Å². The van der Waals surface area contributed by atoms with E-state index < -0.39 is 0 Å². The van der Waals surface area contributed by atoms with Gasteiger partial charge in [0.15, 0.2) is 0 Å². The molecule has 4 atom stereocenters. The fourth-order valence-electron chi connectivity index (χ4n) is 3.90. The van der Waals surface area contributed by atoms with Crippen LogP contribution in [0.15, 0.2) is 10.5 Å². The Kier molecular flexibility index (Phi) is 4.05. The van der Waals surface area contributed by atoms with Gasteiger partial charge in [-0.1, -0.05) is 24.9 Å². The maximum atomic E-state index is 6.20. The summed E-state index contributed by atoms with van der Waals surface area (Å²) in [6, 6.07) is 2.73. The minimum Gasteiger partial charge on any atom is -0.309 e. The Morgan fingerprint density at radius 1 is 1.50 bits per heavy atom. The summed E-state index contributed by atoms with van der Waals surface area (Å²) < 4.78 is 1.94. The molecule has 2 aliphatic carbocycles. The molecule has 0 radical (unpaired) electrons. The molecule has 0 aliphatic heterocycles. The molecule has 2 fully saturated rings. The first-order valence-electron chi connectivity index (χ1n) is 6.87. The summed E-state index contributed by atoms with van der Waals surface area (Å²) in [4.78, 5) is 1.41. The second kappa shape index (κ2) is 5.43. The molecule has 4 heteroatoms. The summed E-state index contributed by atoms with van der Waals surface area (Å²) in [5.74, 6) is 2.77. The normalized spacial score (nSPS) is 32.1. The van der Waals surface area contributed by atoms with Crippen molar-refractivity contribution in [1.29, 1.82) is 0 Å². The highest BCUT2D eigenvalue weighted by molar-refractivity contribution is 9.10. The van der Waals surface area contributed by atoms with Crippen LogP contribution >= 0.6 is 38.9 Å². The van der Waals surface area contributed by atoms with E-state index >= 15 is 0 Å². The maximum absolute atomic E-state index is 6.20. The molecule has 100 valence electrons. The molecule has 0 spiro atoms. The Morgan fingerprint density at radius 2 is 2.33 bits per heavy atom. The molecule has 2 saturated carbocycles. The summed E-state index contributed by atoms with van der Waals surface area (Å²) in [7, 11) is 0. The lowest BCUT2D eigenvalue weighted by atomic mass is 9.82. The van der Waals surface area contributed by atoms with Gasteiger partial charge in [-0.25, -0.2) is 0 Å². The maximum Gasteiger partial charge on any atom is 0.107 e. The lowest BCUT2D eigenvalue weighted by Crippen LogP contribution is -2.30. The monoisotopic (exact) mass is 347 g/mol. The first-order chi connectivity index (χ1) is 8.69. The molecular formula is C14H19BrClNS. The van der Waals surface area contributed by atoms with Crippen LogP contribution < -0.4 is 5.32 Å². The molecule has 1 N–H and O–H groups in total. The molecule has 2 aliphatic rings. The molecule has 0 amide bonds. The minimum absolute atomic E-state index is 0.513. The van der Waals surface area contributed by atoms with E-state index in [9.17, 15) is 0 Å². The molecular weight excluding hydrogens is 330 g/mol. The summed E-state index contributed by atoms with van der Waals surface area (Å²) >= 11 is 11.5. The average Bonchev–Trinajstić information content (AvgIpc) is 3.03. The lowest BCUT2D eigenvalue weighted by molar-refractivity contribution is 0.256. The van der Waals surface area contributed by atoms with E-state index in [-0.39, 0.29) is 0 Å². The minimum atomic E-state index is 0.513. The summed E-state index contributed by atoms with van der Waals surface area (Å²) in [5, 5.41) is 3.70. The van der Waals surface area contributed by atoms with Crippen LogP contribution in [0.1, 0.15) is 43.5 Å². The SMILES string of the molecule is CCNC(c1cc(Br)c(Cl)s1)C1CC2CCC1C2. The zero-order chi connectivity index (χ0) is 12.7. The van der Waals surface area contributed by atoms with Crippen molar-refractivity contribution in [3.8, 4) is 0 Å². The Hall–Kier alpha value is 0.430. The van der Waals surface area contributed by atoms with Crippen LogP contribution in [0, 0.1) is 17.8 Å². The van der Waals surface area contributed by atoms with Crippen molar-refractivity contribution in [1.82, 2.24) is 5.32 Å². The fraction of sp³-hybridized carbons (Fsp3) is 0.714. The molecule has 4 unspecified atom stereocenters. The Balaban J connectivity index is 1.83. The van der Waals surface area contributed by atoms with Crippen LogP contribution in [0.5, 0.6) is 0 Å². The number of thiophene rings is 1. The number of fused-ring (bicyclic) bond motifs is 2. The van der Waals surface area contributed by atoms with E-state index in [2.05, 4.69) is 34.2 Å². The van der Waals surface area contributed by atoms with Crippen LogP contribution in [0.2, 0.25) is 4.34 Å². The van der Waals surface area contributed by atoms with E-state index in [1.165, 1.54) is 30.6 Å². The quantitative estimate of drug-likeness (QED) is 0.783. The second-order valence-corrected chi connectivity index (χ2v) is 8.18. The van der Waals surface area contributed by atoms with E-state index in [1.54, 1.807) is 11.3 Å². The van der Waals surface area contributed by atoms with Gasteiger partial charge in [-0.3, -0.25) is 0 Å². The average molecular weight is 349 g/mol. The van der Waals surface area contributed by atoms with Gasteiger partial charge >= 0.3 is 0 Å². The van der Waals surface area contributed by atoms with E-state index in [4.69, 9.17) is 11.6 Å². The molecule has 1 aromatic heterocycles. The smallest absolute Gasteiger partial charge is 0.107 e. The number of hydrogen-bond donors (Lipinski definition) is 1. The number of rotatable bonds is 4. The molecule has 2 bridgehead atoms. The number of nitrogens with one attached hydrogen (secondary N) is 1. The standard InChI is InChI=1S/C14H19BrClNS/c1-2-17-13(12-7-11(15)14(16)18-12)10-6-8-3-4-9(10)5-8/h7-10,13,17H,2-6H2,1H3. The molecule has 1 nitrogen and oxygen atoms in total. The van der Waals surface area contributed by atoms with Gasteiger partial charge in [0.2, 0.25) is 0 Å². The number of halogens is 2. The molecule has 0 aromatic carbocycles. The predicted molar refractivity (Wildman–Crippen MR) is 82.4 cm³/mol. The molecule has 0 saturated heterocycles. The molecule has 1 aromatic rings. The van der Waals surface area contributed by atoms with E-state index in [0.29, 0.717) is 6.04 Å². The van der Waals surface area contributed by atoms with Gasteiger partial charge in [-0.05, 0) is 65.6 Å². The van der Waals surface area contributed by atoms with Crippen molar-refractivity contribution in [2.75, 3.05) is 6.54 Å². The van der Waals surface area contributed by atoms with Crippen molar-refractivity contribution >= 4 is 38.9 Å². The number of hydrogen-bond acceptors (Lipinski definition) is 2. The van der Waals surface area contributed by atoms with Gasteiger partial charge in [0.25, 0.3) is 0 Å². The van der Waals surface area contributed by atoms with E-state index in [0.717, 1.165) is 33.1 Å². The highest BCUT2D eigenvalue weighted by Gasteiger charge is 2.43. The predicted octanol–water partition coefficient (Wildman–Crippen LogP) is 5.25. The topological polar surface area (TPSA) is 12.0 Å². The third-order valence-electron chi connectivity index (χ3n) is 4.62. The fourth-order valence-corrected chi connectivity index (χ4v) is 5.79. The summed E-state index contributed by atoms with van der Waals surface area (Å²) in [5.41, 5.74) is 0. The highest BCUT2D eigenvalue weighted by atomic mass is 79.9. The zero-order valence-electron chi connectivity index (χ0n) is 10.6. The van der Waals surface area contributed by atoms with Gasteiger partial charge in [0.05, 0.1) is 0 Å². The van der Waals surface area contributed by atoms with Crippen LogP contribution in [0.3, 0.4) is 0 Å². The van der Waals surface area contributed by atoms with Crippen molar-refractivity contribution < 1.29 is 0 Å². The van der Waals surface area contributed by atoms with Crippen LogP contribution in [0.4, 0.5) is 0 Å². The van der Waals surface area contributed by atoms with Crippen LogP contribution in [-0.4, -0.2) is 6.54 Å². The first kappa shape index (κ1) is 13.4. The van der Waals surface area contributed by atoms with Gasteiger partial charge in [0.1, 0.15) is 4.34 Å².